The van der Waals surface area contributed by atoms with Crippen molar-refractivity contribution in [1.29, 1.82) is 0 Å². The highest BCUT2D eigenvalue weighted by Crippen LogP contribution is 2.23. The number of rotatable bonds is 7. The molecule has 25 heavy (non-hydrogen) atoms. The van der Waals surface area contributed by atoms with Gasteiger partial charge in [0, 0.05) is 0 Å². The van der Waals surface area contributed by atoms with Gasteiger partial charge in [-0.3, -0.25) is 0 Å². The van der Waals surface area contributed by atoms with Crippen molar-refractivity contribution in [2.24, 2.45) is 0 Å². The third kappa shape index (κ3) is 3.89. The van der Waals surface area contributed by atoms with Gasteiger partial charge in [-0.2, -0.15) is 4.98 Å². The molecule has 7 nitrogen and oxygen atoms in total. The second-order valence-electron chi connectivity index (χ2n) is 5.14. The number of methoxy groups -OCH3 is 1. The molecule has 0 saturated carbocycles. The van der Waals surface area contributed by atoms with Crippen LogP contribution < -0.4 is 9.46 Å². The summed E-state index contributed by atoms with van der Waals surface area (Å²) in [5, 5.41) is 5.76. The molecule has 3 rings (SSSR count). The van der Waals surface area contributed by atoms with Gasteiger partial charge < -0.3 is 9.26 Å². The predicted octanol–water partition coefficient (Wildman–Crippen LogP) is 2.85. The minimum Gasteiger partial charge on any atom is -0.496 e. The Kier molecular flexibility index (Phi) is 5.16. The molecule has 132 valence electrons. The number of benzene rings is 1. The zero-order valence-electron chi connectivity index (χ0n) is 13.7. The summed E-state index contributed by atoms with van der Waals surface area (Å²) in [6.45, 7) is 1.86. The van der Waals surface area contributed by atoms with Crippen LogP contribution in [0.2, 0.25) is 0 Å². The van der Waals surface area contributed by atoms with E-state index >= 15 is 0 Å². The van der Waals surface area contributed by atoms with Crippen molar-refractivity contribution in [3.63, 3.8) is 0 Å². The van der Waals surface area contributed by atoms with Gasteiger partial charge in [0.25, 0.3) is 0 Å². The lowest BCUT2D eigenvalue weighted by molar-refractivity contribution is 0.376. The molecule has 0 atom stereocenters. The van der Waals surface area contributed by atoms with Crippen LogP contribution in [-0.2, 0) is 23.0 Å². The number of nitrogens with one attached hydrogen (secondary N) is 1. The van der Waals surface area contributed by atoms with Crippen molar-refractivity contribution in [3.05, 3.63) is 47.2 Å². The number of nitrogens with zero attached hydrogens (tertiary/aromatic N) is 2. The van der Waals surface area contributed by atoms with Crippen molar-refractivity contribution in [2.45, 2.75) is 24.8 Å². The zero-order chi connectivity index (χ0) is 17.9. The van der Waals surface area contributed by atoms with E-state index < -0.39 is 10.0 Å². The maximum atomic E-state index is 12.5. The Morgan fingerprint density at radius 2 is 2.16 bits per heavy atom. The van der Waals surface area contributed by atoms with E-state index in [1.807, 2.05) is 24.4 Å². The fraction of sp³-hybridized carbons (Fsp3) is 0.250. The minimum atomic E-state index is -3.69. The van der Waals surface area contributed by atoms with E-state index in [1.165, 1.54) is 17.4 Å². The molecule has 1 aromatic carbocycles. The maximum absolute atomic E-state index is 12.5. The molecule has 2 aromatic heterocycles. The van der Waals surface area contributed by atoms with Crippen molar-refractivity contribution < 1.29 is 17.7 Å². The summed E-state index contributed by atoms with van der Waals surface area (Å²) in [7, 11) is -2.13. The first kappa shape index (κ1) is 17.6. The fourth-order valence-electron chi connectivity index (χ4n) is 2.27. The molecular formula is C16H17N3O4S2. The van der Waals surface area contributed by atoms with E-state index in [-0.39, 0.29) is 17.3 Å². The smallest absolute Gasteiger partial charge is 0.242 e. The molecule has 0 fully saturated rings. The van der Waals surface area contributed by atoms with Crippen LogP contribution in [-0.4, -0.2) is 25.7 Å². The Morgan fingerprint density at radius 1 is 1.32 bits per heavy atom. The van der Waals surface area contributed by atoms with Gasteiger partial charge in [-0.25, -0.2) is 13.1 Å². The van der Waals surface area contributed by atoms with Crippen molar-refractivity contribution in [3.8, 4) is 16.5 Å². The third-order valence-electron chi connectivity index (χ3n) is 3.57. The highest BCUT2D eigenvalue weighted by atomic mass is 32.2. The van der Waals surface area contributed by atoms with Gasteiger partial charge in [0.2, 0.25) is 21.7 Å². The number of ether oxygens (including phenoxy) is 1. The van der Waals surface area contributed by atoms with Crippen LogP contribution in [0.4, 0.5) is 0 Å². The highest BCUT2D eigenvalue weighted by molar-refractivity contribution is 7.89. The Balaban J connectivity index is 1.74. The molecule has 9 heteroatoms. The second-order valence-corrected chi connectivity index (χ2v) is 7.86. The highest BCUT2D eigenvalue weighted by Gasteiger charge is 2.18. The van der Waals surface area contributed by atoms with E-state index in [1.54, 1.807) is 19.2 Å². The summed E-state index contributed by atoms with van der Waals surface area (Å²) in [5.41, 5.74) is 0.822. The Morgan fingerprint density at radius 3 is 2.84 bits per heavy atom. The molecule has 3 aromatic rings. The van der Waals surface area contributed by atoms with Crippen molar-refractivity contribution >= 4 is 21.4 Å². The maximum Gasteiger partial charge on any atom is 0.242 e. The van der Waals surface area contributed by atoms with Gasteiger partial charge >= 0.3 is 0 Å². The number of hydrogen-bond acceptors (Lipinski definition) is 7. The van der Waals surface area contributed by atoms with Crippen LogP contribution in [0.3, 0.4) is 0 Å². The quantitative estimate of drug-likeness (QED) is 0.678. The topological polar surface area (TPSA) is 94.3 Å². The van der Waals surface area contributed by atoms with Crippen LogP contribution in [0.5, 0.6) is 5.75 Å². The molecule has 0 aliphatic rings. The molecule has 0 radical (unpaired) electrons. The summed E-state index contributed by atoms with van der Waals surface area (Å²) in [6.07, 6.45) is 0.667. The second kappa shape index (κ2) is 7.34. The summed E-state index contributed by atoms with van der Waals surface area (Å²) in [4.78, 5) is 5.23. The Hall–Kier alpha value is -2.23. The van der Waals surface area contributed by atoms with Gasteiger partial charge in [0.1, 0.15) is 5.75 Å². The van der Waals surface area contributed by atoms with Gasteiger partial charge in [0.15, 0.2) is 0 Å². The molecule has 0 bridgehead atoms. The van der Waals surface area contributed by atoms with Gasteiger partial charge in [-0.1, -0.05) is 18.1 Å². The molecule has 0 spiro atoms. The van der Waals surface area contributed by atoms with Crippen LogP contribution in [0.15, 0.2) is 45.1 Å². The lowest BCUT2D eigenvalue weighted by Gasteiger charge is -2.10. The van der Waals surface area contributed by atoms with E-state index in [4.69, 9.17) is 9.26 Å². The SMILES string of the molecule is CCc1cc(S(=O)(=O)NCc2nc(-c3cccs3)no2)ccc1OC. The number of thiophene rings is 1. The number of aryl methyl sites for hydroxylation is 1. The lowest BCUT2D eigenvalue weighted by Crippen LogP contribution is -2.23. The summed E-state index contributed by atoms with van der Waals surface area (Å²) >= 11 is 1.48. The Bertz CT molecular complexity index is 950. The van der Waals surface area contributed by atoms with E-state index in [2.05, 4.69) is 14.9 Å². The summed E-state index contributed by atoms with van der Waals surface area (Å²) in [6, 6.07) is 8.51. The molecule has 1 N–H and O–H groups in total. The summed E-state index contributed by atoms with van der Waals surface area (Å²) < 4.78 is 37.7. The monoisotopic (exact) mass is 379 g/mol. The minimum absolute atomic E-state index is 0.0752. The van der Waals surface area contributed by atoms with E-state index in [0.29, 0.717) is 18.0 Å². The molecule has 0 amide bonds. The van der Waals surface area contributed by atoms with Crippen molar-refractivity contribution in [1.82, 2.24) is 14.9 Å². The van der Waals surface area contributed by atoms with Crippen molar-refractivity contribution in [2.75, 3.05) is 7.11 Å². The number of sulfonamides is 1. The predicted molar refractivity (Wildman–Crippen MR) is 94.0 cm³/mol. The van der Waals surface area contributed by atoms with E-state index in [0.717, 1.165) is 10.4 Å². The fourth-order valence-corrected chi connectivity index (χ4v) is 3.94. The lowest BCUT2D eigenvalue weighted by atomic mass is 10.1. The van der Waals surface area contributed by atoms with Crippen LogP contribution in [0.1, 0.15) is 18.4 Å². The molecular weight excluding hydrogens is 362 g/mol. The van der Waals surface area contributed by atoms with Crippen LogP contribution in [0.25, 0.3) is 10.7 Å². The average Bonchev–Trinajstić information content (AvgIpc) is 3.30. The average molecular weight is 379 g/mol. The van der Waals surface area contributed by atoms with Crippen LogP contribution in [0, 0.1) is 0 Å². The zero-order valence-corrected chi connectivity index (χ0v) is 15.4. The van der Waals surface area contributed by atoms with Gasteiger partial charge in [-0.05, 0) is 41.6 Å². The van der Waals surface area contributed by atoms with Gasteiger partial charge in [0.05, 0.1) is 23.4 Å². The summed E-state index contributed by atoms with van der Waals surface area (Å²) in [5.74, 6) is 1.32. The largest absolute Gasteiger partial charge is 0.496 e. The third-order valence-corrected chi connectivity index (χ3v) is 5.83. The first-order valence-corrected chi connectivity index (χ1v) is 9.93. The standard InChI is InChI=1S/C16H17N3O4S2/c1-3-11-9-12(6-7-13(11)22-2)25(20,21)17-10-15-18-16(19-23-15)14-5-4-8-24-14/h4-9,17H,3,10H2,1-2H3. The van der Waals surface area contributed by atoms with Gasteiger partial charge in [-0.15, -0.1) is 11.3 Å². The molecule has 0 unspecified atom stereocenters. The number of aromatic nitrogens is 2. The molecule has 0 aliphatic carbocycles. The van der Waals surface area contributed by atoms with E-state index in [9.17, 15) is 8.42 Å². The Labute approximate surface area is 149 Å². The number of hydrogen-bond donors (Lipinski definition) is 1. The molecule has 0 saturated heterocycles. The molecule has 2 heterocycles. The molecule has 0 aliphatic heterocycles. The first-order chi connectivity index (χ1) is 12.0. The normalized spacial score (nSPS) is 11.6. The first-order valence-electron chi connectivity index (χ1n) is 7.56. The van der Waals surface area contributed by atoms with Crippen LogP contribution >= 0.6 is 11.3 Å².